The maximum absolute atomic E-state index is 13.8. The molecule has 100 valence electrons. The molecule has 0 unspecified atom stereocenters. The van der Waals surface area contributed by atoms with Crippen LogP contribution in [0.25, 0.3) is 0 Å². The highest BCUT2D eigenvalue weighted by molar-refractivity contribution is 7.80. The number of thiocarbonyl (C=S) groups is 1. The molecule has 3 N–H and O–H groups in total. The van der Waals surface area contributed by atoms with Crippen LogP contribution >= 0.6 is 23.6 Å². The predicted octanol–water partition coefficient (Wildman–Crippen LogP) is 3.58. The van der Waals surface area contributed by atoms with Crippen LogP contribution in [0.3, 0.4) is 0 Å². The lowest BCUT2D eigenvalue weighted by atomic mass is 10.2. The SMILES string of the molecule is Cc1ccsc1CNc1c(F)cc(C(N)=S)cc1F. The Morgan fingerprint density at radius 2 is 2.00 bits per heavy atom. The summed E-state index contributed by atoms with van der Waals surface area (Å²) in [5.41, 5.74) is 6.47. The van der Waals surface area contributed by atoms with Crippen molar-refractivity contribution in [1.82, 2.24) is 0 Å². The lowest BCUT2D eigenvalue weighted by molar-refractivity contribution is 0.587. The van der Waals surface area contributed by atoms with Gasteiger partial charge >= 0.3 is 0 Å². The molecule has 0 saturated carbocycles. The highest BCUT2D eigenvalue weighted by atomic mass is 32.1. The standard InChI is InChI=1S/C13H12F2N2S2/c1-7-2-3-19-11(7)6-17-12-9(14)4-8(13(16)18)5-10(12)15/h2-5,17H,6H2,1H3,(H2,16,18). The third kappa shape index (κ3) is 3.08. The van der Waals surface area contributed by atoms with Crippen LogP contribution in [0.5, 0.6) is 0 Å². The number of hydrogen-bond donors (Lipinski definition) is 2. The third-order valence-corrected chi connectivity index (χ3v) is 3.98. The fraction of sp³-hybridized carbons (Fsp3) is 0.154. The van der Waals surface area contributed by atoms with E-state index in [4.69, 9.17) is 18.0 Å². The van der Waals surface area contributed by atoms with Crippen LogP contribution < -0.4 is 11.1 Å². The summed E-state index contributed by atoms with van der Waals surface area (Å²) in [6.07, 6.45) is 0. The van der Waals surface area contributed by atoms with Gasteiger partial charge in [0, 0.05) is 17.0 Å². The molecule has 0 fully saturated rings. The van der Waals surface area contributed by atoms with Crippen LogP contribution in [-0.2, 0) is 6.54 Å². The summed E-state index contributed by atoms with van der Waals surface area (Å²) in [6, 6.07) is 4.23. The first kappa shape index (κ1) is 13.9. The average Bonchev–Trinajstić information content (AvgIpc) is 2.73. The molecule has 0 aliphatic carbocycles. The van der Waals surface area contributed by atoms with Gasteiger partial charge in [-0.15, -0.1) is 11.3 Å². The van der Waals surface area contributed by atoms with Crippen LogP contribution in [0, 0.1) is 18.6 Å². The summed E-state index contributed by atoms with van der Waals surface area (Å²) < 4.78 is 27.6. The van der Waals surface area contributed by atoms with Gasteiger partial charge in [0.1, 0.15) is 22.3 Å². The summed E-state index contributed by atoms with van der Waals surface area (Å²) in [7, 11) is 0. The summed E-state index contributed by atoms with van der Waals surface area (Å²) in [6.45, 7) is 2.33. The number of nitrogens with one attached hydrogen (secondary N) is 1. The minimum Gasteiger partial charge on any atom is -0.389 e. The molecule has 0 aliphatic heterocycles. The zero-order chi connectivity index (χ0) is 14.0. The van der Waals surface area contributed by atoms with Crippen molar-refractivity contribution < 1.29 is 8.78 Å². The second-order valence-corrected chi connectivity index (χ2v) is 5.50. The van der Waals surface area contributed by atoms with Gasteiger partial charge in [-0.3, -0.25) is 0 Å². The quantitative estimate of drug-likeness (QED) is 0.847. The van der Waals surface area contributed by atoms with Gasteiger partial charge < -0.3 is 11.1 Å². The molecule has 0 radical (unpaired) electrons. The molecule has 2 aromatic rings. The Hall–Kier alpha value is -1.53. The van der Waals surface area contributed by atoms with Gasteiger partial charge in [0.25, 0.3) is 0 Å². The fourth-order valence-corrected chi connectivity index (χ4v) is 2.60. The zero-order valence-corrected chi connectivity index (χ0v) is 11.8. The Kier molecular flexibility index (Phi) is 4.11. The van der Waals surface area contributed by atoms with E-state index in [1.165, 1.54) is 0 Å². The van der Waals surface area contributed by atoms with E-state index in [2.05, 4.69) is 5.32 Å². The van der Waals surface area contributed by atoms with Gasteiger partial charge in [0.2, 0.25) is 0 Å². The Morgan fingerprint density at radius 1 is 1.37 bits per heavy atom. The lowest BCUT2D eigenvalue weighted by Crippen LogP contribution is -2.12. The van der Waals surface area contributed by atoms with Crippen molar-refractivity contribution in [2.45, 2.75) is 13.5 Å². The summed E-state index contributed by atoms with van der Waals surface area (Å²) in [5.74, 6) is -1.39. The first-order chi connectivity index (χ1) is 8.99. The van der Waals surface area contributed by atoms with Crippen LogP contribution in [0.1, 0.15) is 16.0 Å². The van der Waals surface area contributed by atoms with E-state index in [0.717, 1.165) is 22.6 Å². The van der Waals surface area contributed by atoms with Gasteiger partial charge in [-0.25, -0.2) is 8.78 Å². The largest absolute Gasteiger partial charge is 0.389 e. The highest BCUT2D eigenvalue weighted by Gasteiger charge is 2.12. The average molecular weight is 298 g/mol. The van der Waals surface area contributed by atoms with E-state index >= 15 is 0 Å². The van der Waals surface area contributed by atoms with Crippen LogP contribution in [0.2, 0.25) is 0 Å². The monoisotopic (exact) mass is 298 g/mol. The molecule has 1 aromatic carbocycles. The fourth-order valence-electron chi connectivity index (χ4n) is 1.64. The second-order valence-electron chi connectivity index (χ2n) is 4.06. The van der Waals surface area contributed by atoms with Gasteiger partial charge in [-0.2, -0.15) is 0 Å². The van der Waals surface area contributed by atoms with E-state index in [-0.39, 0.29) is 16.2 Å². The highest BCUT2D eigenvalue weighted by Crippen LogP contribution is 2.23. The molecule has 2 nitrogen and oxygen atoms in total. The van der Waals surface area contributed by atoms with Gasteiger partial charge in [0.05, 0.1) is 0 Å². The van der Waals surface area contributed by atoms with Crippen LogP contribution in [-0.4, -0.2) is 4.99 Å². The van der Waals surface area contributed by atoms with Gasteiger partial charge in [0.15, 0.2) is 0 Å². The minimum atomic E-state index is -0.697. The van der Waals surface area contributed by atoms with Crippen molar-refractivity contribution in [2.24, 2.45) is 5.73 Å². The maximum Gasteiger partial charge on any atom is 0.150 e. The topological polar surface area (TPSA) is 38.0 Å². The molecule has 0 amide bonds. The number of thiophene rings is 1. The number of anilines is 1. The van der Waals surface area contributed by atoms with Crippen molar-refractivity contribution in [3.63, 3.8) is 0 Å². The van der Waals surface area contributed by atoms with E-state index in [1.54, 1.807) is 11.3 Å². The van der Waals surface area contributed by atoms with Gasteiger partial charge in [-0.1, -0.05) is 12.2 Å². The molecule has 0 spiro atoms. The molecule has 1 aromatic heterocycles. The second kappa shape index (κ2) is 5.63. The zero-order valence-electron chi connectivity index (χ0n) is 10.2. The molecular formula is C13H12F2N2S2. The lowest BCUT2D eigenvalue weighted by Gasteiger charge is -2.10. The van der Waals surface area contributed by atoms with Crippen molar-refractivity contribution in [3.8, 4) is 0 Å². The Balaban J connectivity index is 2.21. The maximum atomic E-state index is 13.8. The number of halogens is 2. The Morgan fingerprint density at radius 3 is 2.47 bits per heavy atom. The molecule has 1 heterocycles. The molecular weight excluding hydrogens is 286 g/mol. The first-order valence-electron chi connectivity index (χ1n) is 5.54. The minimum absolute atomic E-state index is 0.0292. The summed E-state index contributed by atoms with van der Waals surface area (Å²) >= 11 is 6.24. The number of hydrogen-bond acceptors (Lipinski definition) is 3. The molecule has 0 saturated heterocycles. The predicted molar refractivity (Wildman–Crippen MR) is 78.6 cm³/mol. The molecule has 6 heteroatoms. The summed E-state index contributed by atoms with van der Waals surface area (Å²) in [4.78, 5) is 1.01. The van der Waals surface area contributed by atoms with E-state index < -0.39 is 11.6 Å². The molecule has 2 rings (SSSR count). The third-order valence-electron chi connectivity index (χ3n) is 2.72. The van der Waals surface area contributed by atoms with E-state index in [9.17, 15) is 8.78 Å². The number of rotatable bonds is 4. The van der Waals surface area contributed by atoms with Crippen LogP contribution in [0.4, 0.5) is 14.5 Å². The molecule has 19 heavy (non-hydrogen) atoms. The number of benzene rings is 1. The van der Waals surface area contributed by atoms with E-state index in [0.29, 0.717) is 6.54 Å². The Labute approximate surface area is 119 Å². The molecule has 0 atom stereocenters. The van der Waals surface area contributed by atoms with Crippen LogP contribution in [0.15, 0.2) is 23.6 Å². The van der Waals surface area contributed by atoms with Crippen molar-refractivity contribution in [3.05, 3.63) is 51.2 Å². The van der Waals surface area contributed by atoms with Crippen molar-refractivity contribution in [2.75, 3.05) is 5.32 Å². The van der Waals surface area contributed by atoms with Gasteiger partial charge in [-0.05, 0) is 36.1 Å². The number of nitrogens with two attached hydrogens (primary N) is 1. The van der Waals surface area contributed by atoms with Crippen molar-refractivity contribution in [1.29, 1.82) is 0 Å². The first-order valence-corrected chi connectivity index (χ1v) is 6.83. The molecule has 0 aliphatic rings. The molecule has 0 bridgehead atoms. The van der Waals surface area contributed by atoms with Crippen molar-refractivity contribution >= 4 is 34.2 Å². The number of aryl methyl sites for hydroxylation is 1. The Bertz CT molecular complexity index is 600. The normalized spacial score (nSPS) is 10.5. The smallest absolute Gasteiger partial charge is 0.150 e. The van der Waals surface area contributed by atoms with E-state index in [1.807, 2.05) is 18.4 Å². The summed E-state index contributed by atoms with van der Waals surface area (Å²) in [5, 5.41) is 4.71.